The first-order valence-electron chi connectivity index (χ1n) is 19.8. The van der Waals surface area contributed by atoms with Gasteiger partial charge in [-0.25, -0.2) is 4.79 Å². The lowest BCUT2D eigenvalue weighted by Gasteiger charge is -2.22. The van der Waals surface area contributed by atoms with Gasteiger partial charge in [-0.3, -0.25) is 14.4 Å². The summed E-state index contributed by atoms with van der Waals surface area (Å²) in [5.41, 5.74) is 5.32. The molecule has 11 heteroatoms. The van der Waals surface area contributed by atoms with E-state index in [1.807, 2.05) is 91.9 Å². The Kier molecular flexibility index (Phi) is 13.9. The van der Waals surface area contributed by atoms with Crippen molar-refractivity contribution in [3.63, 3.8) is 0 Å². The molecule has 0 saturated heterocycles. The Morgan fingerprint density at radius 3 is 2.23 bits per heavy atom. The van der Waals surface area contributed by atoms with E-state index in [1.54, 1.807) is 48.5 Å². The molecule has 6 aromatic rings. The number of ether oxygens (including phenoxy) is 2. The van der Waals surface area contributed by atoms with E-state index >= 15 is 0 Å². The molecule has 7 rings (SSSR count). The van der Waals surface area contributed by atoms with Crippen LogP contribution in [0, 0.1) is 0 Å². The molecule has 0 aliphatic heterocycles. The summed E-state index contributed by atoms with van der Waals surface area (Å²) in [6.07, 6.45) is 4.54. The number of hydrogen-bond donors (Lipinski definition) is 3. The molecule has 1 aliphatic carbocycles. The number of anilines is 2. The van der Waals surface area contributed by atoms with Crippen LogP contribution in [0.25, 0.3) is 6.08 Å². The number of carbonyl (C=O) groups is 4. The minimum Gasteiger partial charge on any atom is -0.489 e. The van der Waals surface area contributed by atoms with Gasteiger partial charge in [0.25, 0.3) is 11.8 Å². The van der Waals surface area contributed by atoms with Crippen LogP contribution in [-0.2, 0) is 33.8 Å². The average Bonchev–Trinajstić information content (AvgIpc) is 3.65. The molecule has 1 heterocycles. The number of thiophene rings is 1. The van der Waals surface area contributed by atoms with E-state index in [0.717, 1.165) is 40.2 Å². The summed E-state index contributed by atoms with van der Waals surface area (Å²) in [7, 11) is 1.36. The van der Waals surface area contributed by atoms with Crippen LogP contribution < -0.4 is 20.7 Å². The summed E-state index contributed by atoms with van der Waals surface area (Å²) < 4.78 is 11.1. The third kappa shape index (κ3) is 10.6. The number of benzene rings is 5. The third-order valence-corrected chi connectivity index (χ3v) is 12.7. The summed E-state index contributed by atoms with van der Waals surface area (Å²) in [6, 6.07) is 43.4. The number of nitrogens with one attached hydrogen (secondary N) is 3. The van der Waals surface area contributed by atoms with Gasteiger partial charge in [-0.2, -0.15) is 0 Å². The average molecular weight is 836 g/mol. The first-order valence-corrected chi connectivity index (χ1v) is 21.5. The molecule has 5 aromatic carbocycles. The van der Waals surface area contributed by atoms with Crippen LogP contribution in [0.3, 0.4) is 0 Å². The second-order valence-corrected chi connectivity index (χ2v) is 16.6. The van der Waals surface area contributed by atoms with Crippen LogP contribution in [0.4, 0.5) is 10.7 Å². The molecule has 0 bridgehead atoms. The lowest BCUT2D eigenvalue weighted by Crippen LogP contribution is -2.30. The Balaban J connectivity index is 1.05. The van der Waals surface area contributed by atoms with Crippen LogP contribution in [0.1, 0.15) is 73.5 Å². The van der Waals surface area contributed by atoms with Crippen molar-refractivity contribution in [2.75, 3.05) is 17.7 Å². The zero-order chi connectivity index (χ0) is 41.8. The SMILES string of the molecule is CCC(Sc1cccc(NC(=O)/C(=C/c2ccc(OCc3ccccc3)cc2)NC(=O)c2ccccc2)c1)C(=O)Nc1sc2c(c1C(=O)OC)CCC(c1ccccc1)C2. The third-order valence-electron chi connectivity index (χ3n) is 10.2. The van der Waals surface area contributed by atoms with Gasteiger partial charge >= 0.3 is 5.97 Å². The Labute approximate surface area is 358 Å². The smallest absolute Gasteiger partial charge is 0.341 e. The number of fused-ring (bicyclic) bond motifs is 1. The minimum atomic E-state index is -0.526. The van der Waals surface area contributed by atoms with Gasteiger partial charge in [0, 0.05) is 21.0 Å². The van der Waals surface area contributed by atoms with Gasteiger partial charge < -0.3 is 25.4 Å². The molecular weight excluding hydrogens is 791 g/mol. The fourth-order valence-corrected chi connectivity index (χ4v) is 9.37. The van der Waals surface area contributed by atoms with E-state index in [4.69, 9.17) is 9.47 Å². The number of carbonyl (C=O) groups excluding carboxylic acids is 4. The molecule has 1 aliphatic rings. The minimum absolute atomic E-state index is 0.0424. The topological polar surface area (TPSA) is 123 Å². The van der Waals surface area contributed by atoms with Crippen molar-refractivity contribution in [3.05, 3.63) is 183 Å². The number of thioether (sulfide) groups is 1. The van der Waals surface area contributed by atoms with Crippen molar-refractivity contribution in [2.24, 2.45) is 0 Å². The summed E-state index contributed by atoms with van der Waals surface area (Å²) >= 11 is 2.81. The molecule has 0 radical (unpaired) electrons. The first-order chi connectivity index (χ1) is 29.3. The van der Waals surface area contributed by atoms with Gasteiger partial charge in [0.05, 0.1) is 17.9 Å². The van der Waals surface area contributed by atoms with Gasteiger partial charge in [0.2, 0.25) is 5.91 Å². The highest BCUT2D eigenvalue weighted by atomic mass is 32.2. The number of amides is 3. The maximum absolute atomic E-state index is 13.9. The lowest BCUT2D eigenvalue weighted by molar-refractivity contribution is -0.116. The van der Waals surface area contributed by atoms with E-state index in [-0.39, 0.29) is 11.6 Å². The van der Waals surface area contributed by atoms with Gasteiger partial charge in [-0.15, -0.1) is 23.1 Å². The van der Waals surface area contributed by atoms with Crippen LogP contribution in [-0.4, -0.2) is 36.1 Å². The number of esters is 1. The Morgan fingerprint density at radius 2 is 1.53 bits per heavy atom. The van der Waals surface area contributed by atoms with Crippen LogP contribution in [0.2, 0.25) is 0 Å². The number of rotatable bonds is 15. The highest BCUT2D eigenvalue weighted by Gasteiger charge is 2.32. The normalized spacial score (nSPS) is 14.0. The molecule has 2 atom stereocenters. The number of methoxy groups -OCH3 is 1. The molecule has 2 unspecified atom stereocenters. The maximum Gasteiger partial charge on any atom is 0.341 e. The predicted molar refractivity (Wildman–Crippen MR) is 240 cm³/mol. The fraction of sp³-hybridized carbons (Fsp3) is 0.184. The highest BCUT2D eigenvalue weighted by Crippen LogP contribution is 2.43. The summed E-state index contributed by atoms with van der Waals surface area (Å²) in [4.78, 5) is 55.9. The Bertz CT molecular complexity index is 2470. The Hall–Kier alpha value is -6.43. The maximum atomic E-state index is 13.9. The molecule has 304 valence electrons. The highest BCUT2D eigenvalue weighted by molar-refractivity contribution is 8.00. The summed E-state index contributed by atoms with van der Waals surface area (Å²) in [5, 5.41) is 8.80. The van der Waals surface area contributed by atoms with Gasteiger partial charge in [0.1, 0.15) is 23.1 Å². The quantitative estimate of drug-likeness (QED) is 0.0535. The van der Waals surface area contributed by atoms with E-state index in [9.17, 15) is 19.2 Å². The van der Waals surface area contributed by atoms with Crippen LogP contribution >= 0.6 is 23.1 Å². The van der Waals surface area contributed by atoms with Crippen molar-refractivity contribution >= 4 is 63.6 Å². The second kappa shape index (κ2) is 20.0. The van der Waals surface area contributed by atoms with Gasteiger partial charge in [-0.05, 0) is 102 Å². The van der Waals surface area contributed by atoms with Crippen LogP contribution in [0.5, 0.6) is 5.75 Å². The van der Waals surface area contributed by atoms with Gasteiger partial charge in [-0.1, -0.05) is 104 Å². The zero-order valence-corrected chi connectivity index (χ0v) is 34.9. The lowest BCUT2D eigenvalue weighted by atomic mass is 9.83. The molecule has 1 aromatic heterocycles. The van der Waals surface area contributed by atoms with Crippen molar-refractivity contribution in [3.8, 4) is 5.75 Å². The van der Waals surface area contributed by atoms with E-state index < -0.39 is 23.0 Å². The molecule has 60 heavy (non-hydrogen) atoms. The van der Waals surface area contributed by atoms with Crippen molar-refractivity contribution in [1.29, 1.82) is 0 Å². The van der Waals surface area contributed by atoms with Crippen molar-refractivity contribution in [2.45, 2.75) is 55.3 Å². The fourth-order valence-electron chi connectivity index (χ4n) is 7.04. The molecule has 9 nitrogen and oxygen atoms in total. The molecule has 0 spiro atoms. The van der Waals surface area contributed by atoms with Crippen LogP contribution in [0.15, 0.2) is 150 Å². The number of hydrogen-bond acceptors (Lipinski definition) is 8. The monoisotopic (exact) mass is 835 g/mol. The van der Waals surface area contributed by atoms with E-state index in [1.165, 1.54) is 35.8 Å². The standard InChI is InChI=1S/C49H45N3O6S2/c1-3-42(47(55)52-48-44(49(56)57-2)40-27-24-36(29-43(40)60-48)34-16-9-5-10-17-34)59-39-21-13-20-37(30-39)50-46(54)41(51-45(53)35-18-11-6-12-19-35)28-32-22-25-38(26-23-32)58-31-33-14-7-4-8-15-33/h4-23,25-26,28,30,36,42H,3,24,27,29,31H2,1-2H3,(H,50,54)(H,51,53)(H,52,55)/b41-28-. The molecule has 3 amide bonds. The van der Waals surface area contributed by atoms with Gasteiger partial charge in [0.15, 0.2) is 0 Å². The molecular formula is C49H45N3O6S2. The first kappa shape index (κ1) is 41.7. The second-order valence-electron chi connectivity index (χ2n) is 14.3. The Morgan fingerprint density at radius 1 is 0.833 bits per heavy atom. The summed E-state index contributed by atoms with van der Waals surface area (Å²) in [6.45, 7) is 2.35. The van der Waals surface area contributed by atoms with Crippen molar-refractivity contribution in [1.82, 2.24) is 5.32 Å². The molecule has 0 fully saturated rings. The van der Waals surface area contributed by atoms with E-state index in [0.29, 0.717) is 52.1 Å². The molecule has 0 saturated carbocycles. The van der Waals surface area contributed by atoms with E-state index in [2.05, 4.69) is 28.1 Å². The molecule has 3 N–H and O–H groups in total. The predicted octanol–water partition coefficient (Wildman–Crippen LogP) is 10.3. The zero-order valence-electron chi connectivity index (χ0n) is 33.3. The summed E-state index contributed by atoms with van der Waals surface area (Å²) in [5.74, 6) is -0.643. The van der Waals surface area contributed by atoms with Crippen molar-refractivity contribution < 1.29 is 28.7 Å². The largest absolute Gasteiger partial charge is 0.489 e.